The van der Waals surface area contributed by atoms with Gasteiger partial charge in [-0.3, -0.25) is 4.55 Å². The van der Waals surface area contributed by atoms with Crippen molar-refractivity contribution in [1.29, 1.82) is 0 Å². The van der Waals surface area contributed by atoms with Crippen molar-refractivity contribution in [2.75, 3.05) is 6.61 Å². The van der Waals surface area contributed by atoms with Gasteiger partial charge < -0.3 is 10.6 Å². The largest absolute Gasteiger partial charge is 0.412 e. The fraction of sp³-hybridized carbons (Fsp3) is 0.333. The van der Waals surface area contributed by atoms with Crippen molar-refractivity contribution in [2.24, 2.45) is 0 Å². The second kappa shape index (κ2) is 7.36. The van der Waals surface area contributed by atoms with Crippen LogP contribution in [0.5, 0.6) is 0 Å². The topological polar surface area (TPSA) is 106 Å². The Kier molecular flexibility index (Phi) is 8.08. The van der Waals surface area contributed by atoms with E-state index in [1.165, 1.54) is 12.1 Å². The molecule has 1 aromatic carbocycles. The molecule has 0 atom stereocenters. The SMILES string of the molecule is CCO.Cc1ccc(S(=O)(=O)O)cc1.O. The standard InChI is InChI=1S/C7H8O3S.C2H6O.H2O/c1-6-2-4-7(5-3-6)11(8,9)10;1-2-3;/h2-5H,1H3,(H,8,9,10);3H,2H2,1H3;1H2. The molecule has 0 unspecified atom stereocenters. The lowest BCUT2D eigenvalue weighted by molar-refractivity contribution is 0.318. The Morgan fingerprint density at radius 3 is 1.80 bits per heavy atom. The Balaban J connectivity index is 0. The lowest BCUT2D eigenvalue weighted by Gasteiger charge is -1.95. The molecular formula is C9H16O5S. The molecule has 6 heteroatoms. The van der Waals surface area contributed by atoms with E-state index in [0.717, 1.165) is 5.56 Å². The van der Waals surface area contributed by atoms with Gasteiger partial charge in [-0.15, -0.1) is 0 Å². The molecule has 1 rings (SSSR count). The van der Waals surface area contributed by atoms with E-state index in [-0.39, 0.29) is 17.0 Å². The summed E-state index contributed by atoms with van der Waals surface area (Å²) in [5, 5.41) is 7.57. The minimum Gasteiger partial charge on any atom is -0.412 e. The summed E-state index contributed by atoms with van der Waals surface area (Å²) in [6.07, 6.45) is 0. The monoisotopic (exact) mass is 236 g/mol. The second-order valence-corrected chi connectivity index (χ2v) is 4.03. The molecular weight excluding hydrogens is 220 g/mol. The molecule has 0 spiro atoms. The molecule has 0 aliphatic carbocycles. The first-order valence-electron chi connectivity index (χ1n) is 4.06. The molecule has 0 radical (unpaired) electrons. The molecule has 15 heavy (non-hydrogen) atoms. The van der Waals surface area contributed by atoms with Crippen molar-refractivity contribution in [3.8, 4) is 0 Å². The quantitative estimate of drug-likeness (QED) is 0.689. The number of aliphatic hydroxyl groups excluding tert-OH is 1. The van der Waals surface area contributed by atoms with Crippen molar-refractivity contribution < 1.29 is 23.6 Å². The van der Waals surface area contributed by atoms with Crippen LogP contribution in [0.15, 0.2) is 29.2 Å². The van der Waals surface area contributed by atoms with Gasteiger partial charge in [-0.05, 0) is 26.0 Å². The van der Waals surface area contributed by atoms with E-state index in [9.17, 15) is 8.42 Å². The first kappa shape index (κ1) is 16.5. The average Bonchev–Trinajstić information content (AvgIpc) is 2.04. The smallest absolute Gasteiger partial charge is 0.294 e. The lowest BCUT2D eigenvalue weighted by atomic mass is 10.2. The fourth-order valence-corrected chi connectivity index (χ4v) is 1.19. The summed E-state index contributed by atoms with van der Waals surface area (Å²) in [5.41, 5.74) is 0.956. The zero-order chi connectivity index (χ0) is 11.2. The van der Waals surface area contributed by atoms with E-state index in [1.54, 1.807) is 19.1 Å². The lowest BCUT2D eigenvalue weighted by Crippen LogP contribution is -1.96. The maximum absolute atomic E-state index is 10.5. The van der Waals surface area contributed by atoms with Gasteiger partial charge in [0.05, 0.1) is 4.90 Å². The summed E-state index contributed by atoms with van der Waals surface area (Å²) >= 11 is 0. The highest BCUT2D eigenvalue weighted by molar-refractivity contribution is 7.85. The van der Waals surface area contributed by atoms with E-state index in [0.29, 0.717) is 0 Å². The third kappa shape index (κ3) is 7.03. The molecule has 1 aromatic rings. The highest BCUT2D eigenvalue weighted by Gasteiger charge is 2.06. The fourth-order valence-electron chi connectivity index (χ4n) is 0.710. The van der Waals surface area contributed by atoms with Gasteiger partial charge in [0, 0.05) is 6.61 Å². The van der Waals surface area contributed by atoms with Gasteiger partial charge in [-0.1, -0.05) is 17.7 Å². The normalized spacial score (nSPS) is 9.60. The van der Waals surface area contributed by atoms with Crippen LogP contribution in [0, 0.1) is 6.92 Å². The van der Waals surface area contributed by atoms with E-state index in [1.807, 2.05) is 6.92 Å². The minimum absolute atomic E-state index is 0. The molecule has 0 saturated heterocycles. The number of benzene rings is 1. The predicted octanol–water partition coefficient (Wildman–Crippen LogP) is 0.416. The molecule has 0 aromatic heterocycles. The molecule has 5 nitrogen and oxygen atoms in total. The van der Waals surface area contributed by atoms with E-state index in [2.05, 4.69) is 0 Å². The van der Waals surface area contributed by atoms with Crippen LogP contribution in [-0.4, -0.2) is 30.2 Å². The van der Waals surface area contributed by atoms with Crippen molar-refractivity contribution in [1.82, 2.24) is 0 Å². The summed E-state index contributed by atoms with van der Waals surface area (Å²) in [6, 6.07) is 5.99. The van der Waals surface area contributed by atoms with Crippen LogP contribution in [0.25, 0.3) is 0 Å². The minimum atomic E-state index is -4.02. The number of hydrogen-bond acceptors (Lipinski definition) is 3. The summed E-state index contributed by atoms with van der Waals surface area (Å²) in [5.74, 6) is 0. The molecule has 0 amide bonds. The van der Waals surface area contributed by atoms with Crippen LogP contribution in [-0.2, 0) is 10.1 Å². The van der Waals surface area contributed by atoms with Crippen LogP contribution in [0.3, 0.4) is 0 Å². The average molecular weight is 236 g/mol. The molecule has 0 saturated carbocycles. The number of aryl methyl sites for hydroxylation is 1. The van der Waals surface area contributed by atoms with Crippen LogP contribution in [0.1, 0.15) is 12.5 Å². The summed E-state index contributed by atoms with van der Waals surface area (Å²) < 4.78 is 29.6. The Morgan fingerprint density at radius 2 is 1.53 bits per heavy atom. The first-order valence-corrected chi connectivity index (χ1v) is 5.50. The molecule has 0 heterocycles. The Bertz CT molecular complexity index is 355. The van der Waals surface area contributed by atoms with Crippen LogP contribution >= 0.6 is 0 Å². The molecule has 0 aliphatic rings. The second-order valence-electron chi connectivity index (χ2n) is 2.60. The highest BCUT2D eigenvalue weighted by Crippen LogP contribution is 2.08. The van der Waals surface area contributed by atoms with Crippen molar-refractivity contribution in [2.45, 2.75) is 18.7 Å². The van der Waals surface area contributed by atoms with Gasteiger partial charge in [0.2, 0.25) is 0 Å². The molecule has 0 fully saturated rings. The van der Waals surface area contributed by atoms with Gasteiger partial charge in [-0.25, -0.2) is 0 Å². The van der Waals surface area contributed by atoms with Gasteiger partial charge in [0.25, 0.3) is 10.1 Å². The van der Waals surface area contributed by atoms with Crippen molar-refractivity contribution in [3.63, 3.8) is 0 Å². The van der Waals surface area contributed by atoms with Crippen LogP contribution in [0.2, 0.25) is 0 Å². The van der Waals surface area contributed by atoms with E-state index < -0.39 is 10.1 Å². The predicted molar refractivity (Wildman–Crippen MR) is 57.4 cm³/mol. The number of rotatable bonds is 1. The van der Waals surface area contributed by atoms with Crippen LogP contribution in [0.4, 0.5) is 0 Å². The maximum atomic E-state index is 10.5. The summed E-state index contributed by atoms with van der Waals surface area (Å²) in [7, 11) is -4.02. The Labute approximate surface area is 89.4 Å². The van der Waals surface area contributed by atoms with E-state index >= 15 is 0 Å². The molecule has 88 valence electrons. The Hall–Kier alpha value is -0.950. The van der Waals surface area contributed by atoms with Crippen molar-refractivity contribution in [3.05, 3.63) is 29.8 Å². The molecule has 0 aliphatic heterocycles. The highest BCUT2D eigenvalue weighted by atomic mass is 32.2. The van der Waals surface area contributed by atoms with Gasteiger partial charge in [-0.2, -0.15) is 8.42 Å². The van der Waals surface area contributed by atoms with Gasteiger partial charge >= 0.3 is 0 Å². The zero-order valence-electron chi connectivity index (χ0n) is 8.64. The van der Waals surface area contributed by atoms with E-state index in [4.69, 9.17) is 9.66 Å². The third-order valence-electron chi connectivity index (χ3n) is 1.32. The molecule has 0 bridgehead atoms. The molecule has 4 N–H and O–H groups in total. The van der Waals surface area contributed by atoms with Gasteiger partial charge in [0.1, 0.15) is 0 Å². The summed E-state index contributed by atoms with van der Waals surface area (Å²) in [4.78, 5) is -0.0666. The maximum Gasteiger partial charge on any atom is 0.294 e. The zero-order valence-corrected chi connectivity index (χ0v) is 9.45. The van der Waals surface area contributed by atoms with Crippen molar-refractivity contribution >= 4 is 10.1 Å². The van der Waals surface area contributed by atoms with Crippen LogP contribution < -0.4 is 0 Å². The first-order chi connectivity index (χ1) is 6.41. The third-order valence-corrected chi connectivity index (χ3v) is 2.19. The number of aliphatic hydroxyl groups is 1. The number of hydrogen-bond donors (Lipinski definition) is 2. The van der Waals surface area contributed by atoms with Gasteiger partial charge in [0.15, 0.2) is 0 Å². The Morgan fingerprint density at radius 1 is 1.20 bits per heavy atom. The summed E-state index contributed by atoms with van der Waals surface area (Å²) in [6.45, 7) is 3.77.